The van der Waals surface area contributed by atoms with Crippen molar-refractivity contribution in [3.05, 3.63) is 22.8 Å². The van der Waals surface area contributed by atoms with E-state index in [1.165, 1.54) is 11.1 Å². The number of Topliss-reactive ketones (excluding diaryl/α,β-unsaturated/α-hetero) is 1. The van der Waals surface area contributed by atoms with Crippen molar-refractivity contribution in [2.75, 3.05) is 6.61 Å². The normalized spacial score (nSPS) is 42.9. The SMILES string of the molecule is CC(C)=CCC[C@@H](CO)[C@H]1CC(O)[C@@]2(C)C3=C(CC[C@]12C)[C@@]1(C)CCC(=O)C(C)(C)[C@@H]1CC3. The first kappa shape index (κ1) is 25.2. The summed E-state index contributed by atoms with van der Waals surface area (Å²) in [7, 11) is 0. The summed E-state index contributed by atoms with van der Waals surface area (Å²) in [6, 6.07) is 0. The summed E-state index contributed by atoms with van der Waals surface area (Å²) in [5.74, 6) is 1.42. The predicted octanol–water partition coefficient (Wildman–Crippen LogP) is 6.63. The molecule has 0 bridgehead atoms. The van der Waals surface area contributed by atoms with Crippen molar-refractivity contribution >= 4 is 5.78 Å². The fraction of sp³-hybridized carbons (Fsp3) is 0.833. The van der Waals surface area contributed by atoms with Crippen LogP contribution in [0, 0.1) is 39.4 Å². The first-order valence-corrected chi connectivity index (χ1v) is 13.5. The minimum absolute atomic E-state index is 0.00677. The lowest BCUT2D eigenvalue weighted by atomic mass is 9.43. The standard InChI is InChI=1S/C30H48O3/c1-19(2)9-8-10-20(18-31)23-17-26(33)30(7)22-11-12-24-27(3,4)25(32)14-15-28(24,5)21(22)13-16-29(23,30)6/h9,20,23-24,26,31,33H,8,10-18H2,1-7H3/t20-,23+,24-,26?,28+,29+,30+/m0/s1. The second-order valence-corrected chi connectivity index (χ2v) is 13.4. The number of fused-ring (bicyclic) bond motifs is 4. The third-order valence-electron chi connectivity index (χ3n) is 11.5. The molecular formula is C30H48O3. The molecule has 1 unspecified atom stereocenters. The van der Waals surface area contributed by atoms with Gasteiger partial charge in [0.05, 0.1) is 6.10 Å². The molecule has 2 N–H and O–H groups in total. The van der Waals surface area contributed by atoms with Gasteiger partial charge in [0.15, 0.2) is 0 Å². The highest BCUT2D eigenvalue weighted by atomic mass is 16.3. The summed E-state index contributed by atoms with van der Waals surface area (Å²) in [5, 5.41) is 22.0. The lowest BCUT2D eigenvalue weighted by Gasteiger charge is -2.61. The van der Waals surface area contributed by atoms with Gasteiger partial charge >= 0.3 is 0 Å². The molecule has 3 nitrogen and oxygen atoms in total. The average Bonchev–Trinajstić information content (AvgIpc) is 2.95. The van der Waals surface area contributed by atoms with Crippen LogP contribution in [-0.2, 0) is 4.79 Å². The van der Waals surface area contributed by atoms with Crippen molar-refractivity contribution in [2.24, 2.45) is 39.4 Å². The molecule has 0 saturated heterocycles. The lowest BCUT2D eigenvalue weighted by Crippen LogP contribution is -2.55. The van der Waals surface area contributed by atoms with Crippen molar-refractivity contribution < 1.29 is 15.0 Å². The van der Waals surface area contributed by atoms with Crippen molar-refractivity contribution in [1.29, 1.82) is 0 Å². The van der Waals surface area contributed by atoms with Gasteiger partial charge in [0, 0.05) is 23.9 Å². The Hall–Kier alpha value is -0.930. The molecule has 2 saturated carbocycles. The summed E-state index contributed by atoms with van der Waals surface area (Å²) in [6.45, 7) is 16.0. The van der Waals surface area contributed by atoms with Gasteiger partial charge in [-0.1, -0.05) is 57.4 Å². The summed E-state index contributed by atoms with van der Waals surface area (Å²) >= 11 is 0. The van der Waals surface area contributed by atoms with Gasteiger partial charge in [-0.25, -0.2) is 0 Å². The quantitative estimate of drug-likeness (QED) is 0.456. The van der Waals surface area contributed by atoms with Gasteiger partial charge in [-0.05, 0) is 93.8 Å². The van der Waals surface area contributed by atoms with Crippen LogP contribution in [0.3, 0.4) is 0 Å². The number of allylic oxidation sites excluding steroid dienone is 3. The fourth-order valence-electron chi connectivity index (χ4n) is 9.29. The highest BCUT2D eigenvalue weighted by Gasteiger charge is 2.66. The Kier molecular flexibility index (Phi) is 6.35. The van der Waals surface area contributed by atoms with E-state index in [9.17, 15) is 15.0 Å². The molecule has 0 aromatic rings. The molecule has 4 rings (SSSR count). The maximum absolute atomic E-state index is 12.8. The molecule has 0 amide bonds. The Morgan fingerprint density at radius 3 is 2.39 bits per heavy atom. The molecule has 0 heterocycles. The molecule has 186 valence electrons. The predicted molar refractivity (Wildman–Crippen MR) is 135 cm³/mol. The number of rotatable bonds is 5. The van der Waals surface area contributed by atoms with Crippen LogP contribution in [0.5, 0.6) is 0 Å². The van der Waals surface area contributed by atoms with Crippen LogP contribution in [0.4, 0.5) is 0 Å². The van der Waals surface area contributed by atoms with Crippen LogP contribution >= 0.6 is 0 Å². The van der Waals surface area contributed by atoms with E-state index in [2.05, 4.69) is 54.5 Å². The molecule has 0 aliphatic heterocycles. The minimum Gasteiger partial charge on any atom is -0.396 e. The maximum Gasteiger partial charge on any atom is 0.138 e. The number of hydrogen-bond donors (Lipinski definition) is 2. The minimum atomic E-state index is -0.353. The van der Waals surface area contributed by atoms with E-state index >= 15 is 0 Å². The van der Waals surface area contributed by atoms with Crippen molar-refractivity contribution in [3.63, 3.8) is 0 Å². The van der Waals surface area contributed by atoms with Crippen LogP contribution in [0.2, 0.25) is 0 Å². The Bertz CT molecular complexity index is 862. The van der Waals surface area contributed by atoms with Gasteiger partial charge in [-0.3, -0.25) is 4.79 Å². The molecular weight excluding hydrogens is 408 g/mol. The molecule has 0 aromatic heterocycles. The molecule has 0 aromatic carbocycles. The number of ketones is 1. The molecule has 0 radical (unpaired) electrons. The smallest absolute Gasteiger partial charge is 0.138 e. The van der Waals surface area contributed by atoms with Gasteiger partial charge in [0.1, 0.15) is 5.78 Å². The topological polar surface area (TPSA) is 57.5 Å². The van der Waals surface area contributed by atoms with Crippen LogP contribution in [0.1, 0.15) is 106 Å². The molecule has 33 heavy (non-hydrogen) atoms. The second kappa shape index (κ2) is 8.33. The zero-order chi connectivity index (χ0) is 24.4. The van der Waals surface area contributed by atoms with Gasteiger partial charge in [0.25, 0.3) is 0 Å². The van der Waals surface area contributed by atoms with Gasteiger partial charge in [-0.2, -0.15) is 0 Å². The van der Waals surface area contributed by atoms with Gasteiger partial charge in [-0.15, -0.1) is 0 Å². The van der Waals surface area contributed by atoms with Crippen LogP contribution in [0.15, 0.2) is 22.8 Å². The second-order valence-electron chi connectivity index (χ2n) is 13.4. The molecule has 2 fully saturated rings. The first-order chi connectivity index (χ1) is 15.3. The molecule has 0 spiro atoms. The number of carbonyl (C=O) groups excluding carboxylic acids is 1. The summed E-state index contributed by atoms with van der Waals surface area (Å²) in [5.41, 5.74) is 4.05. The highest BCUT2D eigenvalue weighted by Crippen LogP contribution is 2.72. The largest absolute Gasteiger partial charge is 0.396 e. The first-order valence-electron chi connectivity index (χ1n) is 13.5. The van der Waals surface area contributed by atoms with Gasteiger partial charge < -0.3 is 10.2 Å². The summed E-state index contributed by atoms with van der Waals surface area (Å²) < 4.78 is 0. The molecule has 7 atom stereocenters. The van der Waals surface area contributed by atoms with Crippen LogP contribution in [-0.4, -0.2) is 28.7 Å². The van der Waals surface area contributed by atoms with E-state index < -0.39 is 0 Å². The van der Waals surface area contributed by atoms with E-state index in [1.54, 1.807) is 5.57 Å². The molecule has 4 aliphatic carbocycles. The monoisotopic (exact) mass is 456 g/mol. The van der Waals surface area contributed by atoms with E-state index in [1.807, 2.05) is 0 Å². The highest BCUT2D eigenvalue weighted by molar-refractivity contribution is 5.85. The Morgan fingerprint density at radius 1 is 1.06 bits per heavy atom. The number of carbonyl (C=O) groups is 1. The molecule has 4 aliphatic rings. The van der Waals surface area contributed by atoms with Crippen LogP contribution < -0.4 is 0 Å². The average molecular weight is 457 g/mol. The van der Waals surface area contributed by atoms with Crippen molar-refractivity contribution in [2.45, 2.75) is 112 Å². The maximum atomic E-state index is 12.8. The number of hydrogen-bond acceptors (Lipinski definition) is 3. The fourth-order valence-corrected chi connectivity index (χ4v) is 9.29. The Balaban J connectivity index is 1.72. The number of aliphatic hydroxyl groups is 2. The summed E-state index contributed by atoms with van der Waals surface area (Å²) in [4.78, 5) is 12.8. The van der Waals surface area contributed by atoms with Crippen molar-refractivity contribution in [1.82, 2.24) is 0 Å². The van der Waals surface area contributed by atoms with E-state index in [0.717, 1.165) is 51.4 Å². The van der Waals surface area contributed by atoms with E-state index in [0.29, 0.717) is 24.0 Å². The van der Waals surface area contributed by atoms with Crippen molar-refractivity contribution in [3.8, 4) is 0 Å². The van der Waals surface area contributed by atoms with E-state index in [4.69, 9.17) is 0 Å². The lowest BCUT2D eigenvalue weighted by molar-refractivity contribution is -0.140. The number of aliphatic hydroxyl groups excluding tert-OH is 2. The summed E-state index contributed by atoms with van der Waals surface area (Å²) in [6.07, 6.45) is 10.6. The zero-order valence-corrected chi connectivity index (χ0v) is 22.3. The Labute approximate surface area is 202 Å². The van der Waals surface area contributed by atoms with Crippen LogP contribution in [0.25, 0.3) is 0 Å². The zero-order valence-electron chi connectivity index (χ0n) is 22.3. The van der Waals surface area contributed by atoms with Gasteiger partial charge in [0.2, 0.25) is 0 Å². The third-order valence-corrected chi connectivity index (χ3v) is 11.5. The third kappa shape index (κ3) is 3.46. The molecule has 3 heteroatoms. The van der Waals surface area contributed by atoms with E-state index in [-0.39, 0.29) is 40.3 Å². The Morgan fingerprint density at radius 2 is 1.76 bits per heavy atom.